The molecule has 0 spiro atoms. The molecule has 0 aromatic carbocycles. The van der Waals surface area contributed by atoms with Gasteiger partial charge in [-0.1, -0.05) is 19.3 Å². The molecule has 0 aromatic heterocycles. The molecule has 0 unspecified atom stereocenters. The highest BCUT2D eigenvalue weighted by molar-refractivity contribution is 7.89. The molecule has 0 aliphatic heterocycles. The van der Waals surface area contributed by atoms with Crippen LogP contribution in [0.1, 0.15) is 32.1 Å². The summed E-state index contributed by atoms with van der Waals surface area (Å²) in [4.78, 5) is 0. The van der Waals surface area contributed by atoms with E-state index in [4.69, 9.17) is 0 Å². The van der Waals surface area contributed by atoms with Gasteiger partial charge in [-0.3, -0.25) is 0 Å². The maximum atomic E-state index is 11.1. The quantitative estimate of drug-likeness (QED) is 0.728. The molecule has 1 aliphatic rings. The maximum absolute atomic E-state index is 11.1. The average Bonchev–Trinajstić information content (AvgIpc) is 2.06. The van der Waals surface area contributed by atoms with Crippen molar-refractivity contribution in [2.75, 3.05) is 5.75 Å². The highest BCUT2D eigenvalue weighted by atomic mass is 32.2. The summed E-state index contributed by atoms with van der Waals surface area (Å²) in [6, 6.07) is 0. The molecule has 0 saturated heterocycles. The van der Waals surface area contributed by atoms with Gasteiger partial charge in [-0.15, -0.1) is 0 Å². The van der Waals surface area contributed by atoms with E-state index in [0.717, 1.165) is 12.8 Å². The lowest BCUT2D eigenvalue weighted by molar-refractivity contribution is 0.384. The van der Waals surface area contributed by atoms with Crippen LogP contribution in [0.5, 0.6) is 0 Å². The summed E-state index contributed by atoms with van der Waals surface area (Å²) in [6.45, 7) is 0. The third-order valence-electron chi connectivity index (χ3n) is 2.40. The van der Waals surface area contributed by atoms with Crippen molar-refractivity contribution >= 4 is 10.0 Å². The average molecular weight is 190 g/mol. The lowest BCUT2D eigenvalue weighted by Crippen LogP contribution is -2.26. The fourth-order valence-electron chi connectivity index (χ4n) is 1.72. The molecule has 0 atom stereocenters. The van der Waals surface area contributed by atoms with Gasteiger partial charge >= 0.3 is 0 Å². The summed E-state index contributed by atoms with van der Waals surface area (Å²) in [6.07, 6.45) is 5.73. The van der Waals surface area contributed by atoms with E-state index in [9.17, 15) is 8.42 Å². The summed E-state index contributed by atoms with van der Waals surface area (Å²) in [5, 5.41) is 0. The zero-order valence-corrected chi connectivity index (χ0v) is 8.07. The fourth-order valence-corrected chi connectivity index (χ4v) is 2.79. The minimum Gasteiger partial charge on any atom is -0.214 e. The Morgan fingerprint density at radius 2 is 1.83 bits per heavy atom. The number of nitrogens with one attached hydrogen (secondary N) is 1. The van der Waals surface area contributed by atoms with Crippen molar-refractivity contribution in [1.29, 1.82) is 0 Å². The fraction of sp³-hybridized carbons (Fsp3) is 0.875. The maximum Gasteiger partial charge on any atom is 0.211 e. The third-order valence-corrected chi connectivity index (χ3v) is 3.75. The van der Waals surface area contributed by atoms with E-state index < -0.39 is 10.0 Å². The first-order chi connectivity index (χ1) is 5.64. The number of hydrogen-bond acceptors (Lipinski definition) is 2. The van der Waals surface area contributed by atoms with Crippen molar-refractivity contribution in [2.24, 2.45) is 5.92 Å². The van der Waals surface area contributed by atoms with Crippen molar-refractivity contribution in [3.63, 3.8) is 0 Å². The van der Waals surface area contributed by atoms with E-state index in [-0.39, 0.29) is 5.75 Å². The SMILES string of the molecule is [CH2]NS(=O)(=O)CC1CCCCC1. The van der Waals surface area contributed by atoms with Crippen molar-refractivity contribution in [3.05, 3.63) is 7.05 Å². The van der Waals surface area contributed by atoms with Gasteiger partial charge in [0.2, 0.25) is 10.0 Å². The second-order valence-corrected chi connectivity index (χ2v) is 5.28. The Morgan fingerprint density at radius 3 is 2.33 bits per heavy atom. The highest BCUT2D eigenvalue weighted by Crippen LogP contribution is 2.24. The molecule has 0 aromatic rings. The monoisotopic (exact) mass is 190 g/mol. The Bertz CT molecular complexity index is 217. The molecule has 12 heavy (non-hydrogen) atoms. The molecule has 0 amide bonds. The molecule has 71 valence electrons. The standard InChI is InChI=1S/C8H16NO2S/c1-9-12(10,11)7-8-5-3-2-4-6-8/h8-9H,1-7H2. The highest BCUT2D eigenvalue weighted by Gasteiger charge is 2.19. The molecule has 4 heteroatoms. The number of rotatable bonds is 3. The van der Waals surface area contributed by atoms with Crippen LogP contribution in [0.25, 0.3) is 0 Å². The summed E-state index contributed by atoms with van der Waals surface area (Å²) < 4.78 is 24.3. The van der Waals surface area contributed by atoms with Gasteiger partial charge in [0, 0.05) is 7.05 Å². The number of hydrogen-bond donors (Lipinski definition) is 1. The smallest absolute Gasteiger partial charge is 0.211 e. The van der Waals surface area contributed by atoms with Crippen LogP contribution in [0.4, 0.5) is 0 Å². The molecule has 1 saturated carbocycles. The van der Waals surface area contributed by atoms with Crippen LogP contribution in [0.15, 0.2) is 0 Å². The second kappa shape index (κ2) is 4.23. The predicted octanol–water partition coefficient (Wildman–Crippen LogP) is 1.28. The molecule has 1 N–H and O–H groups in total. The van der Waals surface area contributed by atoms with Gasteiger partial charge in [-0.2, -0.15) is 0 Å². The van der Waals surface area contributed by atoms with E-state index in [2.05, 4.69) is 11.8 Å². The van der Waals surface area contributed by atoms with Crippen molar-refractivity contribution in [3.8, 4) is 0 Å². The minimum absolute atomic E-state index is 0.260. The van der Waals surface area contributed by atoms with Gasteiger partial charge in [0.15, 0.2) is 0 Å². The lowest BCUT2D eigenvalue weighted by atomic mass is 9.91. The molecule has 0 heterocycles. The molecular weight excluding hydrogens is 174 g/mol. The topological polar surface area (TPSA) is 46.2 Å². The van der Waals surface area contributed by atoms with Crippen LogP contribution < -0.4 is 4.72 Å². The van der Waals surface area contributed by atoms with Gasteiger partial charge in [0.25, 0.3) is 0 Å². The van der Waals surface area contributed by atoms with Gasteiger partial charge in [-0.05, 0) is 18.8 Å². The van der Waals surface area contributed by atoms with E-state index in [1.807, 2.05) is 0 Å². The van der Waals surface area contributed by atoms with E-state index >= 15 is 0 Å². The summed E-state index contributed by atoms with van der Waals surface area (Å²) in [5.41, 5.74) is 0. The predicted molar refractivity (Wildman–Crippen MR) is 48.9 cm³/mol. The third kappa shape index (κ3) is 3.11. The van der Waals surface area contributed by atoms with E-state index in [0.29, 0.717) is 5.92 Å². The first-order valence-electron chi connectivity index (χ1n) is 4.40. The minimum atomic E-state index is -3.08. The van der Waals surface area contributed by atoms with Crippen LogP contribution in [0.3, 0.4) is 0 Å². The first-order valence-corrected chi connectivity index (χ1v) is 6.06. The van der Waals surface area contributed by atoms with Crippen LogP contribution in [-0.4, -0.2) is 14.2 Å². The Hall–Kier alpha value is -0.0900. The van der Waals surface area contributed by atoms with Crippen LogP contribution >= 0.6 is 0 Å². The van der Waals surface area contributed by atoms with Crippen LogP contribution in [-0.2, 0) is 10.0 Å². The molecule has 1 rings (SSSR count). The zero-order valence-electron chi connectivity index (χ0n) is 7.25. The summed E-state index contributed by atoms with van der Waals surface area (Å²) in [7, 11) is 0.105. The van der Waals surface area contributed by atoms with Gasteiger partial charge in [0.1, 0.15) is 0 Å². The van der Waals surface area contributed by atoms with Crippen molar-refractivity contribution in [1.82, 2.24) is 4.72 Å². The number of sulfonamides is 1. The molecule has 0 bridgehead atoms. The molecule has 1 radical (unpaired) electrons. The normalized spacial score (nSPS) is 21.1. The van der Waals surface area contributed by atoms with Crippen molar-refractivity contribution < 1.29 is 8.42 Å². The van der Waals surface area contributed by atoms with Crippen LogP contribution in [0.2, 0.25) is 0 Å². The van der Waals surface area contributed by atoms with Crippen LogP contribution in [0, 0.1) is 13.0 Å². The largest absolute Gasteiger partial charge is 0.214 e. The zero-order chi connectivity index (χ0) is 9.03. The summed E-state index contributed by atoms with van der Waals surface area (Å²) >= 11 is 0. The Labute approximate surface area is 74.6 Å². The second-order valence-electron chi connectivity index (χ2n) is 3.43. The van der Waals surface area contributed by atoms with E-state index in [1.165, 1.54) is 19.3 Å². The Balaban J connectivity index is 2.39. The molecule has 3 nitrogen and oxygen atoms in total. The van der Waals surface area contributed by atoms with Gasteiger partial charge in [0.05, 0.1) is 5.75 Å². The van der Waals surface area contributed by atoms with Gasteiger partial charge in [-0.25, -0.2) is 13.1 Å². The summed E-state index contributed by atoms with van der Waals surface area (Å²) in [5.74, 6) is 0.620. The van der Waals surface area contributed by atoms with Crippen molar-refractivity contribution in [2.45, 2.75) is 32.1 Å². The molecule has 1 fully saturated rings. The molecular formula is C8H16NO2S. The van der Waals surface area contributed by atoms with Gasteiger partial charge < -0.3 is 0 Å². The van der Waals surface area contributed by atoms with E-state index in [1.54, 1.807) is 0 Å². The molecule has 1 aliphatic carbocycles. The Morgan fingerprint density at radius 1 is 1.25 bits per heavy atom. The lowest BCUT2D eigenvalue weighted by Gasteiger charge is -2.20. The Kier molecular flexibility index (Phi) is 3.53. The first kappa shape index (κ1) is 9.99.